The van der Waals surface area contributed by atoms with Gasteiger partial charge in [-0.25, -0.2) is 0 Å². The summed E-state index contributed by atoms with van der Waals surface area (Å²) in [4.78, 5) is 4.85. The van der Waals surface area contributed by atoms with Crippen molar-refractivity contribution in [1.82, 2.24) is 4.98 Å². The van der Waals surface area contributed by atoms with Crippen LogP contribution in [0, 0.1) is 0 Å². The van der Waals surface area contributed by atoms with Crippen molar-refractivity contribution in [2.75, 3.05) is 0 Å². The molecule has 0 spiro atoms. The van der Waals surface area contributed by atoms with E-state index in [0.29, 0.717) is 0 Å². The molecule has 0 fully saturated rings. The van der Waals surface area contributed by atoms with Crippen molar-refractivity contribution in [2.24, 2.45) is 0 Å². The Labute approximate surface area is 110 Å². The first kappa shape index (κ1) is 12.8. The van der Waals surface area contributed by atoms with E-state index < -0.39 is 0 Å². The molecule has 1 aromatic carbocycles. The largest absolute Gasteiger partial charge is 0.253 e. The molecule has 0 atom stereocenters. The van der Waals surface area contributed by atoms with Gasteiger partial charge in [-0.3, -0.25) is 4.98 Å². The third-order valence-electron chi connectivity index (χ3n) is 3.14. The predicted octanol–water partition coefficient (Wildman–Crippen LogP) is 4.65. The van der Waals surface area contributed by atoms with Crippen molar-refractivity contribution >= 4 is 0 Å². The molecule has 0 aliphatic rings. The fourth-order valence-corrected chi connectivity index (χ4v) is 2.25. The van der Waals surface area contributed by atoms with Crippen LogP contribution in [0.15, 0.2) is 42.5 Å². The van der Waals surface area contributed by atoms with Crippen molar-refractivity contribution in [3.63, 3.8) is 0 Å². The quantitative estimate of drug-likeness (QED) is 0.740. The van der Waals surface area contributed by atoms with Crippen molar-refractivity contribution < 1.29 is 0 Å². The molecule has 1 heteroatoms. The maximum atomic E-state index is 4.85. The van der Waals surface area contributed by atoms with Crippen molar-refractivity contribution in [1.29, 1.82) is 0 Å². The van der Waals surface area contributed by atoms with Crippen molar-refractivity contribution in [3.8, 4) is 11.3 Å². The molecule has 0 saturated carbocycles. The number of rotatable bonds is 5. The highest BCUT2D eigenvalue weighted by atomic mass is 14.7. The van der Waals surface area contributed by atoms with E-state index in [4.69, 9.17) is 4.98 Å². The van der Waals surface area contributed by atoms with Gasteiger partial charge in [-0.1, -0.05) is 63.1 Å². The summed E-state index contributed by atoms with van der Waals surface area (Å²) >= 11 is 0. The fraction of sp³-hybridized carbons (Fsp3) is 0.353. The lowest BCUT2D eigenvalue weighted by Crippen LogP contribution is -1.99. The van der Waals surface area contributed by atoms with Gasteiger partial charge in [0.25, 0.3) is 0 Å². The molecule has 0 amide bonds. The molecule has 18 heavy (non-hydrogen) atoms. The van der Waals surface area contributed by atoms with Gasteiger partial charge in [0.15, 0.2) is 0 Å². The van der Waals surface area contributed by atoms with Crippen LogP contribution in [0.3, 0.4) is 0 Å². The first-order valence-electron chi connectivity index (χ1n) is 6.89. The van der Waals surface area contributed by atoms with Gasteiger partial charge in [0.2, 0.25) is 0 Å². The zero-order valence-corrected chi connectivity index (χ0v) is 11.3. The second kappa shape index (κ2) is 6.34. The van der Waals surface area contributed by atoms with Crippen molar-refractivity contribution in [2.45, 2.75) is 39.5 Å². The second-order valence-electron chi connectivity index (χ2n) is 4.67. The Morgan fingerprint density at radius 1 is 0.833 bits per heavy atom. The normalized spacial score (nSPS) is 10.6. The summed E-state index contributed by atoms with van der Waals surface area (Å²) in [6.07, 6.45) is 4.55. The van der Waals surface area contributed by atoms with Gasteiger partial charge < -0.3 is 0 Å². The van der Waals surface area contributed by atoms with E-state index in [2.05, 4.69) is 50.2 Å². The molecule has 0 aliphatic carbocycles. The number of benzene rings is 1. The molecule has 0 bridgehead atoms. The average molecular weight is 239 g/mol. The zero-order valence-electron chi connectivity index (χ0n) is 11.3. The number of nitrogens with zero attached hydrogens (tertiary/aromatic N) is 1. The molecule has 0 N–H and O–H groups in total. The molecule has 94 valence electrons. The summed E-state index contributed by atoms with van der Waals surface area (Å²) < 4.78 is 0. The molecule has 1 aromatic heterocycles. The van der Waals surface area contributed by atoms with Crippen LogP contribution in [-0.2, 0) is 12.8 Å². The van der Waals surface area contributed by atoms with E-state index in [-0.39, 0.29) is 0 Å². The number of aryl methyl sites for hydroxylation is 2. The summed E-state index contributed by atoms with van der Waals surface area (Å²) in [7, 11) is 0. The van der Waals surface area contributed by atoms with E-state index in [1.54, 1.807) is 0 Å². The highest BCUT2D eigenvalue weighted by molar-refractivity contribution is 5.59. The van der Waals surface area contributed by atoms with Crippen molar-refractivity contribution in [3.05, 3.63) is 53.7 Å². The van der Waals surface area contributed by atoms with Crippen LogP contribution in [0.5, 0.6) is 0 Å². The van der Waals surface area contributed by atoms with E-state index in [9.17, 15) is 0 Å². The lowest BCUT2D eigenvalue weighted by Gasteiger charge is -2.09. The zero-order chi connectivity index (χ0) is 12.8. The Bertz CT molecular complexity index is 488. The van der Waals surface area contributed by atoms with Gasteiger partial charge in [0, 0.05) is 11.3 Å². The topological polar surface area (TPSA) is 12.9 Å². The lowest BCUT2D eigenvalue weighted by atomic mass is 10.0. The van der Waals surface area contributed by atoms with Gasteiger partial charge in [-0.15, -0.1) is 0 Å². The molecule has 0 unspecified atom stereocenters. The SMILES string of the molecule is CCCc1ccc(-c2ccccc2)nc1CCC. The van der Waals surface area contributed by atoms with Crippen LogP contribution >= 0.6 is 0 Å². The fourth-order valence-electron chi connectivity index (χ4n) is 2.25. The van der Waals surface area contributed by atoms with Gasteiger partial charge in [-0.05, 0) is 24.5 Å². The van der Waals surface area contributed by atoms with Gasteiger partial charge >= 0.3 is 0 Å². The molecule has 2 aromatic rings. The third-order valence-corrected chi connectivity index (χ3v) is 3.14. The van der Waals surface area contributed by atoms with E-state index in [1.807, 2.05) is 6.07 Å². The monoisotopic (exact) mass is 239 g/mol. The number of pyridine rings is 1. The Morgan fingerprint density at radius 2 is 1.56 bits per heavy atom. The Balaban J connectivity index is 2.36. The summed E-state index contributed by atoms with van der Waals surface area (Å²) in [5.41, 5.74) is 5.00. The lowest BCUT2D eigenvalue weighted by molar-refractivity contribution is 0.830. The minimum Gasteiger partial charge on any atom is -0.253 e. The van der Waals surface area contributed by atoms with Crippen LogP contribution < -0.4 is 0 Å². The molecule has 1 heterocycles. The van der Waals surface area contributed by atoms with Gasteiger partial charge in [-0.2, -0.15) is 0 Å². The average Bonchev–Trinajstić information content (AvgIpc) is 2.42. The standard InChI is InChI=1S/C17H21N/c1-3-8-14-12-13-17(18-16(14)9-4-2)15-10-6-5-7-11-15/h5-7,10-13H,3-4,8-9H2,1-2H3. The molecular formula is C17H21N. The molecule has 0 aliphatic heterocycles. The first-order chi connectivity index (χ1) is 8.85. The van der Waals surface area contributed by atoms with Crippen LogP contribution in [0.25, 0.3) is 11.3 Å². The Morgan fingerprint density at radius 3 is 2.22 bits per heavy atom. The Kier molecular flexibility index (Phi) is 4.52. The summed E-state index contributed by atoms with van der Waals surface area (Å²) in [5.74, 6) is 0. The molecule has 1 nitrogen and oxygen atoms in total. The predicted molar refractivity (Wildman–Crippen MR) is 77.7 cm³/mol. The number of aromatic nitrogens is 1. The van der Waals surface area contributed by atoms with E-state index in [0.717, 1.165) is 25.0 Å². The molecule has 2 rings (SSSR count). The highest BCUT2D eigenvalue weighted by Gasteiger charge is 2.06. The van der Waals surface area contributed by atoms with Gasteiger partial charge in [0.05, 0.1) is 5.69 Å². The minimum absolute atomic E-state index is 1.08. The number of hydrogen-bond acceptors (Lipinski definition) is 1. The van der Waals surface area contributed by atoms with Gasteiger partial charge in [0.1, 0.15) is 0 Å². The molecular weight excluding hydrogens is 218 g/mol. The highest BCUT2D eigenvalue weighted by Crippen LogP contribution is 2.20. The van der Waals surface area contributed by atoms with Crippen LogP contribution in [0.4, 0.5) is 0 Å². The number of hydrogen-bond donors (Lipinski definition) is 0. The minimum atomic E-state index is 1.08. The Hall–Kier alpha value is -1.63. The first-order valence-corrected chi connectivity index (χ1v) is 6.89. The smallest absolute Gasteiger partial charge is 0.0705 e. The summed E-state index contributed by atoms with van der Waals surface area (Å²) in [6, 6.07) is 14.8. The summed E-state index contributed by atoms with van der Waals surface area (Å²) in [5, 5.41) is 0. The second-order valence-corrected chi connectivity index (χ2v) is 4.67. The molecule has 0 radical (unpaired) electrons. The van der Waals surface area contributed by atoms with E-state index in [1.165, 1.54) is 23.2 Å². The third kappa shape index (κ3) is 2.98. The van der Waals surface area contributed by atoms with Crippen LogP contribution in [0.2, 0.25) is 0 Å². The maximum Gasteiger partial charge on any atom is 0.0705 e. The maximum absolute atomic E-state index is 4.85. The van der Waals surface area contributed by atoms with E-state index >= 15 is 0 Å². The van der Waals surface area contributed by atoms with Crippen LogP contribution in [0.1, 0.15) is 37.9 Å². The summed E-state index contributed by atoms with van der Waals surface area (Å²) in [6.45, 7) is 4.44. The van der Waals surface area contributed by atoms with Crippen LogP contribution in [-0.4, -0.2) is 4.98 Å². The molecule has 0 saturated heterocycles.